The minimum absolute atomic E-state index is 0.0573. The zero-order chi connectivity index (χ0) is 35.7. The van der Waals surface area contributed by atoms with E-state index < -0.39 is 11.5 Å². The Kier molecular flexibility index (Phi) is 9.67. The van der Waals surface area contributed by atoms with Crippen LogP contribution in [0.5, 0.6) is 0 Å². The van der Waals surface area contributed by atoms with Crippen molar-refractivity contribution in [2.45, 2.75) is 91.8 Å². The number of aromatic nitrogens is 5. The Morgan fingerprint density at radius 2 is 1.73 bits per heavy atom. The molecule has 4 aromatic rings. The summed E-state index contributed by atoms with van der Waals surface area (Å²) in [6.45, 7) is 21.4. The fourth-order valence-corrected chi connectivity index (χ4v) is 5.73. The van der Waals surface area contributed by atoms with Gasteiger partial charge >= 0.3 is 17.9 Å². The zero-order valence-corrected chi connectivity index (χ0v) is 30.1. The highest BCUT2D eigenvalue weighted by Crippen LogP contribution is 2.30. The molecule has 0 spiro atoms. The molecular formula is C36H47N9O4. The van der Waals surface area contributed by atoms with Crippen LogP contribution >= 0.6 is 0 Å². The van der Waals surface area contributed by atoms with Gasteiger partial charge in [0.05, 0.1) is 29.2 Å². The predicted octanol–water partition coefficient (Wildman–Crippen LogP) is 6.60. The molecule has 49 heavy (non-hydrogen) atoms. The number of carbonyl (C=O) groups is 2. The number of nitrogens with zero attached hydrogens (tertiary/aromatic N) is 7. The molecule has 1 fully saturated rings. The molecule has 2 N–H and O–H groups in total. The Balaban J connectivity index is 1.22. The van der Waals surface area contributed by atoms with E-state index in [1.54, 1.807) is 4.90 Å². The zero-order valence-electron chi connectivity index (χ0n) is 30.1. The fourth-order valence-electron chi connectivity index (χ4n) is 5.73. The van der Waals surface area contributed by atoms with E-state index in [1.807, 2.05) is 98.0 Å². The average Bonchev–Trinajstić information content (AvgIpc) is 3.52. The summed E-state index contributed by atoms with van der Waals surface area (Å²) in [5.41, 5.74) is 3.40. The number of pyridine rings is 1. The van der Waals surface area contributed by atoms with Crippen LogP contribution in [-0.2, 0) is 10.2 Å². The number of amides is 2. The van der Waals surface area contributed by atoms with Gasteiger partial charge in [-0.15, -0.1) is 0 Å². The summed E-state index contributed by atoms with van der Waals surface area (Å²) in [5.74, 6) is 1.25. The van der Waals surface area contributed by atoms with Crippen LogP contribution in [0.4, 0.5) is 22.1 Å². The Labute approximate surface area is 287 Å². The lowest BCUT2D eigenvalue weighted by molar-refractivity contribution is 0.0179. The molecule has 13 heteroatoms. The molecule has 1 aliphatic rings. The highest BCUT2D eigenvalue weighted by Gasteiger charge is 2.37. The van der Waals surface area contributed by atoms with Gasteiger partial charge < -0.3 is 29.7 Å². The van der Waals surface area contributed by atoms with Crippen LogP contribution in [0, 0.1) is 6.92 Å². The van der Waals surface area contributed by atoms with Crippen LogP contribution in [0.2, 0.25) is 0 Å². The molecule has 1 atom stereocenters. The number of anilines is 3. The first-order chi connectivity index (χ1) is 22.9. The molecule has 1 saturated heterocycles. The van der Waals surface area contributed by atoms with Crippen molar-refractivity contribution in [3.63, 3.8) is 0 Å². The van der Waals surface area contributed by atoms with Crippen LogP contribution in [-0.4, -0.2) is 72.8 Å². The molecule has 0 radical (unpaired) electrons. The molecule has 1 aliphatic heterocycles. The Hall–Kier alpha value is -5.07. The Bertz CT molecular complexity index is 1810. The van der Waals surface area contributed by atoms with Crippen molar-refractivity contribution in [2.24, 2.45) is 0 Å². The lowest BCUT2D eigenvalue weighted by Gasteiger charge is -2.48. The molecule has 0 bridgehead atoms. The maximum atomic E-state index is 12.8. The third-order valence-electron chi connectivity index (χ3n) is 8.21. The van der Waals surface area contributed by atoms with E-state index in [0.717, 1.165) is 28.1 Å². The predicted molar refractivity (Wildman–Crippen MR) is 188 cm³/mol. The number of aryl methyl sites for hydroxylation is 1. The number of hydrogen-bond acceptors (Lipinski definition) is 11. The second kappa shape index (κ2) is 13.4. The van der Waals surface area contributed by atoms with Gasteiger partial charge in [0.2, 0.25) is 0 Å². The number of benzene rings is 1. The molecule has 0 aliphatic carbocycles. The van der Waals surface area contributed by atoms with E-state index >= 15 is 0 Å². The minimum atomic E-state index is -0.534. The second-order valence-electron chi connectivity index (χ2n) is 15.1. The van der Waals surface area contributed by atoms with Gasteiger partial charge in [0.1, 0.15) is 23.6 Å². The number of ether oxygens (including phenoxy) is 1. The first-order valence-electron chi connectivity index (χ1n) is 16.5. The van der Waals surface area contributed by atoms with Gasteiger partial charge in [-0.25, -0.2) is 19.7 Å². The van der Waals surface area contributed by atoms with Crippen molar-refractivity contribution in [2.75, 3.05) is 29.9 Å². The fraction of sp³-hybridized carbons (Fsp3) is 0.472. The van der Waals surface area contributed by atoms with Gasteiger partial charge in [0.15, 0.2) is 5.82 Å². The molecule has 2 amide bonds. The van der Waals surface area contributed by atoms with Crippen LogP contribution in [0.25, 0.3) is 11.3 Å². The van der Waals surface area contributed by atoms with Gasteiger partial charge in [0, 0.05) is 36.7 Å². The van der Waals surface area contributed by atoms with Crippen molar-refractivity contribution in [3.8, 4) is 11.3 Å². The summed E-state index contributed by atoms with van der Waals surface area (Å²) < 4.78 is 10.8. The van der Waals surface area contributed by atoms with E-state index in [9.17, 15) is 9.59 Å². The third kappa shape index (κ3) is 8.51. The lowest BCUT2D eigenvalue weighted by Crippen LogP contribution is -2.61. The minimum Gasteiger partial charge on any atom is -0.444 e. The smallest absolute Gasteiger partial charge is 0.410 e. The topological polar surface area (TPSA) is 152 Å². The quantitative estimate of drug-likeness (QED) is 0.219. The third-order valence-corrected chi connectivity index (χ3v) is 8.21. The van der Waals surface area contributed by atoms with Gasteiger partial charge in [-0.05, 0) is 77.8 Å². The van der Waals surface area contributed by atoms with E-state index in [-0.39, 0.29) is 29.0 Å². The Morgan fingerprint density at radius 3 is 2.35 bits per heavy atom. The summed E-state index contributed by atoms with van der Waals surface area (Å²) in [4.78, 5) is 47.3. The maximum Gasteiger partial charge on any atom is 0.410 e. The van der Waals surface area contributed by atoms with Crippen LogP contribution in [0.1, 0.15) is 96.0 Å². The number of piperazine rings is 1. The molecule has 3 aromatic heterocycles. The highest BCUT2D eigenvalue weighted by atomic mass is 16.6. The first-order valence-corrected chi connectivity index (χ1v) is 16.5. The van der Waals surface area contributed by atoms with Crippen LogP contribution < -0.4 is 15.5 Å². The molecule has 5 rings (SSSR count). The van der Waals surface area contributed by atoms with Gasteiger partial charge in [-0.2, -0.15) is 4.98 Å². The summed E-state index contributed by atoms with van der Waals surface area (Å²) in [6.07, 6.45) is 3.06. The van der Waals surface area contributed by atoms with E-state index in [0.29, 0.717) is 37.1 Å². The second-order valence-corrected chi connectivity index (χ2v) is 15.1. The molecule has 13 nitrogen and oxygen atoms in total. The number of nitrogens with one attached hydrogen (secondary N) is 2. The average molecular weight is 670 g/mol. The summed E-state index contributed by atoms with van der Waals surface area (Å²) in [6, 6.07) is 11.5. The van der Waals surface area contributed by atoms with Gasteiger partial charge in [-0.1, -0.05) is 38.1 Å². The van der Waals surface area contributed by atoms with Crippen LogP contribution in [0.15, 0.2) is 53.4 Å². The van der Waals surface area contributed by atoms with Crippen molar-refractivity contribution >= 4 is 29.3 Å². The van der Waals surface area contributed by atoms with Gasteiger partial charge in [-0.3, -0.25) is 4.79 Å². The number of hydrogen-bond donors (Lipinski definition) is 2. The van der Waals surface area contributed by atoms with E-state index in [2.05, 4.69) is 54.5 Å². The maximum absolute atomic E-state index is 12.8. The largest absolute Gasteiger partial charge is 0.444 e. The van der Waals surface area contributed by atoms with Crippen molar-refractivity contribution in [1.29, 1.82) is 0 Å². The Morgan fingerprint density at radius 1 is 0.980 bits per heavy atom. The van der Waals surface area contributed by atoms with Gasteiger partial charge in [0.25, 0.3) is 0 Å². The SMILES string of the molecule is Cc1cc(-c2cc(Nc3ccc(N4CCN(C(=O)OC(C)(C)C)CC4(C)C)cn3)ncn2)ccc1[C@@H](C)NC(=O)c1nc(C(C)(C)C)no1. The highest BCUT2D eigenvalue weighted by molar-refractivity contribution is 5.89. The molecule has 1 aromatic carbocycles. The first kappa shape index (κ1) is 35.2. The number of rotatable bonds is 7. The van der Waals surface area contributed by atoms with Crippen molar-refractivity contribution < 1.29 is 18.8 Å². The summed E-state index contributed by atoms with van der Waals surface area (Å²) in [5, 5.41) is 10.2. The molecule has 0 saturated carbocycles. The molecular weight excluding hydrogens is 622 g/mol. The molecule has 260 valence electrons. The summed E-state index contributed by atoms with van der Waals surface area (Å²) >= 11 is 0. The lowest BCUT2D eigenvalue weighted by atomic mass is 9.96. The van der Waals surface area contributed by atoms with Crippen molar-refractivity contribution in [3.05, 3.63) is 71.8 Å². The number of carbonyl (C=O) groups excluding carboxylic acids is 2. The van der Waals surface area contributed by atoms with Crippen molar-refractivity contribution in [1.82, 2.24) is 35.3 Å². The normalized spacial score (nSPS) is 15.5. The van der Waals surface area contributed by atoms with E-state index in [4.69, 9.17) is 9.26 Å². The van der Waals surface area contributed by atoms with Crippen LogP contribution in [0.3, 0.4) is 0 Å². The molecule has 0 unspecified atom stereocenters. The standard InChI is InChI=1S/C36H47N9O4/c1-22-17-24(11-13-26(22)23(2)40-30(46)31-42-32(43-49-31)34(3,4)5)27-18-29(39-21-38-27)41-28-14-12-25(19-37-28)45-16-15-44(20-36(45,9)10)33(47)48-35(6,7)8/h11-14,17-19,21,23H,15-16,20H2,1-10H3,(H,40,46)(H,37,38,39,41)/t23-/m1/s1. The van der Waals surface area contributed by atoms with E-state index in [1.165, 1.54) is 6.33 Å². The summed E-state index contributed by atoms with van der Waals surface area (Å²) in [7, 11) is 0. The monoisotopic (exact) mass is 669 g/mol. The molecule has 4 heterocycles.